The van der Waals surface area contributed by atoms with E-state index >= 15 is 0 Å². The average Bonchev–Trinajstić information content (AvgIpc) is 2.78. The number of aliphatic imine (C=N–C) groups is 1. The average molecular weight is 435 g/mol. The Morgan fingerprint density at radius 2 is 1.53 bits per heavy atom. The molecule has 0 aromatic heterocycles. The molecule has 2 nitrogen and oxygen atoms in total. The summed E-state index contributed by atoms with van der Waals surface area (Å²) >= 11 is 12.4. The highest BCUT2D eigenvalue weighted by Gasteiger charge is 2.05. The van der Waals surface area contributed by atoms with E-state index in [9.17, 15) is 0 Å². The maximum absolute atomic E-state index is 7.51. The van der Waals surface area contributed by atoms with Crippen molar-refractivity contribution in [2.24, 2.45) is 4.99 Å². The normalized spacial score (nSPS) is 10.7. The molecule has 0 saturated carbocycles. The monoisotopic (exact) mass is 434 g/mol. The van der Waals surface area contributed by atoms with Crippen molar-refractivity contribution in [1.82, 2.24) is 0 Å². The highest BCUT2D eigenvalue weighted by Crippen LogP contribution is 2.23. The molecule has 0 unspecified atom stereocenters. The van der Waals surface area contributed by atoms with Crippen LogP contribution in [0, 0.1) is 11.3 Å². The van der Waals surface area contributed by atoms with E-state index in [0.717, 1.165) is 11.1 Å². The van der Waals surface area contributed by atoms with E-state index in [1.807, 2.05) is 24.3 Å². The fourth-order valence-corrected chi connectivity index (χ4v) is 3.24. The maximum atomic E-state index is 7.51. The summed E-state index contributed by atoms with van der Waals surface area (Å²) in [6.07, 6.45) is 1.18. The van der Waals surface area contributed by atoms with Gasteiger partial charge in [-0.05, 0) is 34.2 Å². The highest BCUT2D eigenvalue weighted by molar-refractivity contribution is 6.70. The molecule has 0 radical (unpaired) electrons. The molecule has 3 rings (SSSR count). The van der Waals surface area contributed by atoms with Crippen molar-refractivity contribution in [3.63, 3.8) is 0 Å². The van der Waals surface area contributed by atoms with Crippen LogP contribution in [0.15, 0.2) is 90.4 Å². The maximum Gasteiger partial charge on any atom is 0.132 e. The summed E-state index contributed by atoms with van der Waals surface area (Å²) < 4.78 is 0. The Bertz CT molecular complexity index is 1030. The molecule has 3 aromatic carbocycles. The first-order chi connectivity index (χ1) is 14.5. The van der Waals surface area contributed by atoms with Crippen LogP contribution in [0.1, 0.15) is 36.5 Å². The van der Waals surface area contributed by atoms with Crippen molar-refractivity contribution >= 4 is 28.4 Å². The van der Waals surface area contributed by atoms with E-state index in [2.05, 4.69) is 73.9 Å². The van der Waals surface area contributed by atoms with Crippen molar-refractivity contribution in [3.05, 3.63) is 107 Å². The Labute approximate surface area is 189 Å². The van der Waals surface area contributed by atoms with E-state index in [1.54, 1.807) is 6.07 Å². The number of hydrogen-bond donors (Lipinski definition) is 0. The number of benzene rings is 3. The third-order valence-corrected chi connectivity index (χ3v) is 5.11. The molecule has 0 spiro atoms. The molecule has 0 aliphatic heterocycles. The Hall–Kier alpha value is -2.86. The second-order valence-corrected chi connectivity index (χ2v) is 7.66. The van der Waals surface area contributed by atoms with Crippen LogP contribution in [0.3, 0.4) is 0 Å². The van der Waals surface area contributed by atoms with E-state index in [1.165, 1.54) is 22.8 Å². The van der Waals surface area contributed by atoms with Gasteiger partial charge >= 0.3 is 0 Å². The molecule has 0 heterocycles. The lowest BCUT2D eigenvalue weighted by Gasteiger charge is -2.08. The predicted octanol–water partition coefficient (Wildman–Crippen LogP) is 8.01. The fourth-order valence-electron chi connectivity index (χ4n) is 2.74. The third kappa shape index (κ3) is 6.88. The Balaban J connectivity index is 0.000000735. The van der Waals surface area contributed by atoms with Gasteiger partial charge in [-0.1, -0.05) is 110 Å². The Morgan fingerprint density at radius 1 is 1.00 bits per heavy atom. The number of nitrogens with zero attached hydrogens (tertiary/aromatic N) is 2. The second kappa shape index (κ2) is 12.0. The van der Waals surface area contributed by atoms with Crippen molar-refractivity contribution < 1.29 is 0 Å². The minimum absolute atomic E-state index is 0.434. The van der Waals surface area contributed by atoms with Gasteiger partial charge in [-0.3, -0.25) is 4.99 Å². The minimum atomic E-state index is 0.434. The molecular weight excluding hydrogens is 411 g/mol. The van der Waals surface area contributed by atoms with Crippen molar-refractivity contribution in [2.75, 3.05) is 0 Å². The lowest BCUT2D eigenvalue weighted by Crippen LogP contribution is -1.94. The van der Waals surface area contributed by atoms with E-state index < -0.39 is 0 Å². The molecule has 30 heavy (non-hydrogen) atoms. The van der Waals surface area contributed by atoms with Crippen LogP contribution in [-0.2, 0) is 6.54 Å². The van der Waals surface area contributed by atoms with Gasteiger partial charge in [0.1, 0.15) is 5.17 Å². The first kappa shape index (κ1) is 23.4. The Morgan fingerprint density at radius 3 is 2.03 bits per heavy atom. The van der Waals surface area contributed by atoms with Gasteiger partial charge in [-0.15, -0.1) is 0 Å². The number of hydrogen-bond acceptors (Lipinski definition) is 2. The van der Waals surface area contributed by atoms with Crippen LogP contribution in [0.5, 0.6) is 0 Å². The molecule has 0 atom stereocenters. The van der Waals surface area contributed by atoms with Crippen molar-refractivity contribution in [2.45, 2.75) is 26.3 Å². The van der Waals surface area contributed by atoms with Crippen LogP contribution in [0.25, 0.3) is 11.1 Å². The predicted molar refractivity (Wildman–Crippen MR) is 129 cm³/mol. The van der Waals surface area contributed by atoms with Gasteiger partial charge in [0, 0.05) is 11.6 Å². The lowest BCUT2D eigenvalue weighted by molar-refractivity contribution is 0.867. The van der Waals surface area contributed by atoms with Gasteiger partial charge in [0.2, 0.25) is 0 Å². The molecule has 0 fully saturated rings. The van der Waals surface area contributed by atoms with Crippen LogP contribution < -0.4 is 0 Å². The standard InChI is InChI=1S/C23H21Cl2N.C3H3N/c1-16(2)18-11-13-20(14-12-18)19-9-7-17(8-10-19)15-26-23(25)21-5-3-4-6-22(21)24;1-2-3-4/h3-14,16H,15H2,1-2H3;2H,1H2. The zero-order valence-electron chi connectivity index (χ0n) is 17.1. The number of rotatable bonds is 5. The molecule has 0 bridgehead atoms. The quantitative estimate of drug-likeness (QED) is 0.295. The van der Waals surface area contributed by atoms with Gasteiger partial charge in [0.05, 0.1) is 17.6 Å². The van der Waals surface area contributed by atoms with Crippen LogP contribution in [0.2, 0.25) is 5.02 Å². The molecule has 0 amide bonds. The van der Waals surface area contributed by atoms with Gasteiger partial charge in [0.15, 0.2) is 0 Å². The number of nitriles is 1. The van der Waals surface area contributed by atoms with Crippen molar-refractivity contribution in [1.29, 1.82) is 5.26 Å². The summed E-state index contributed by atoms with van der Waals surface area (Å²) in [4.78, 5) is 4.46. The molecule has 0 N–H and O–H groups in total. The number of halogens is 2. The fraction of sp³-hybridized carbons (Fsp3) is 0.154. The van der Waals surface area contributed by atoms with Crippen LogP contribution in [-0.4, -0.2) is 5.17 Å². The lowest BCUT2D eigenvalue weighted by atomic mass is 9.98. The third-order valence-electron chi connectivity index (χ3n) is 4.45. The summed E-state index contributed by atoms with van der Waals surface area (Å²) in [6, 6.07) is 26.3. The minimum Gasteiger partial charge on any atom is -0.268 e. The van der Waals surface area contributed by atoms with Gasteiger partial charge < -0.3 is 0 Å². The van der Waals surface area contributed by atoms with E-state index in [0.29, 0.717) is 22.7 Å². The molecule has 0 aliphatic carbocycles. The first-order valence-electron chi connectivity index (χ1n) is 9.61. The summed E-state index contributed by atoms with van der Waals surface area (Å²) in [5.41, 5.74) is 5.65. The zero-order valence-corrected chi connectivity index (χ0v) is 18.7. The largest absolute Gasteiger partial charge is 0.268 e. The smallest absolute Gasteiger partial charge is 0.132 e. The van der Waals surface area contributed by atoms with Gasteiger partial charge in [-0.2, -0.15) is 5.26 Å². The molecule has 0 aliphatic rings. The summed E-state index contributed by atoms with van der Waals surface area (Å²) in [5, 5.41) is 8.55. The second-order valence-electron chi connectivity index (χ2n) is 6.89. The summed E-state index contributed by atoms with van der Waals surface area (Å²) in [7, 11) is 0. The number of allylic oxidation sites excluding steroid dienone is 1. The summed E-state index contributed by atoms with van der Waals surface area (Å²) in [6.45, 7) is 8.06. The highest BCUT2D eigenvalue weighted by atomic mass is 35.5. The molecular formula is C26H24Cl2N2. The Kier molecular flexibility index (Phi) is 9.35. The summed E-state index contributed by atoms with van der Waals surface area (Å²) in [5.74, 6) is 0.548. The van der Waals surface area contributed by atoms with E-state index in [4.69, 9.17) is 28.5 Å². The first-order valence-corrected chi connectivity index (χ1v) is 10.4. The zero-order chi connectivity index (χ0) is 21.9. The van der Waals surface area contributed by atoms with Gasteiger partial charge in [-0.25, -0.2) is 0 Å². The molecule has 0 saturated heterocycles. The molecule has 4 heteroatoms. The van der Waals surface area contributed by atoms with Gasteiger partial charge in [0.25, 0.3) is 0 Å². The molecule has 152 valence electrons. The van der Waals surface area contributed by atoms with E-state index in [-0.39, 0.29) is 0 Å². The topological polar surface area (TPSA) is 36.1 Å². The van der Waals surface area contributed by atoms with Crippen LogP contribution >= 0.6 is 23.2 Å². The van der Waals surface area contributed by atoms with Crippen molar-refractivity contribution in [3.8, 4) is 17.2 Å². The van der Waals surface area contributed by atoms with Crippen LogP contribution in [0.4, 0.5) is 0 Å². The SMILES string of the molecule is C=CC#N.CC(C)c1ccc(-c2ccc(CN=C(Cl)c3ccccc3Cl)cc2)cc1. The molecule has 3 aromatic rings.